The Balaban J connectivity index is 1.28. The lowest BCUT2D eigenvalue weighted by molar-refractivity contribution is -0.143. The summed E-state index contributed by atoms with van der Waals surface area (Å²) in [4.78, 5) is 12.6. The van der Waals surface area contributed by atoms with Crippen molar-refractivity contribution < 1.29 is 44.3 Å². The molecule has 41 heavy (non-hydrogen) atoms. The second-order valence-electron chi connectivity index (χ2n) is 9.99. The van der Waals surface area contributed by atoms with Crippen molar-refractivity contribution in [1.29, 1.82) is 0 Å². The molecule has 3 aromatic carbocycles. The summed E-state index contributed by atoms with van der Waals surface area (Å²) >= 11 is 0. The summed E-state index contributed by atoms with van der Waals surface area (Å²) in [5.74, 6) is -0.886. The highest BCUT2D eigenvalue weighted by atomic mass is 19.4. The Morgan fingerprint density at radius 3 is 1.66 bits per heavy atom. The van der Waals surface area contributed by atoms with Gasteiger partial charge in [-0.15, -0.1) is 0 Å². The third-order valence-corrected chi connectivity index (χ3v) is 7.01. The van der Waals surface area contributed by atoms with E-state index in [1.165, 1.54) is 12.1 Å². The quantitative estimate of drug-likeness (QED) is 0.275. The van der Waals surface area contributed by atoms with Crippen LogP contribution in [0.4, 0.5) is 39.5 Å². The minimum absolute atomic E-state index is 0.0225. The molecule has 3 nitrogen and oxygen atoms in total. The number of rotatable bonds is 7. The van der Waals surface area contributed by atoms with Crippen LogP contribution in [0, 0.1) is 5.92 Å². The molecule has 1 aliphatic carbocycles. The SMILES string of the molecule is O=C(NCc1cc(C(F)(F)F)cc(C(F)(F)F)c1)[C@H]1CC[C@@H](NCc2ccc(-c3ccc(C(F)(F)F)cc3)cc2)C1. The molecule has 0 aromatic heterocycles. The maximum absolute atomic E-state index is 13.1. The van der Waals surface area contributed by atoms with Gasteiger partial charge in [-0.05, 0) is 71.8 Å². The number of amides is 1. The lowest BCUT2D eigenvalue weighted by Gasteiger charge is -2.16. The number of carbonyl (C=O) groups excluding carboxylic acids is 1. The van der Waals surface area contributed by atoms with Crippen molar-refractivity contribution >= 4 is 5.91 Å². The van der Waals surface area contributed by atoms with E-state index in [1.54, 1.807) is 12.1 Å². The van der Waals surface area contributed by atoms with Crippen molar-refractivity contribution in [2.75, 3.05) is 0 Å². The first-order valence-electron chi connectivity index (χ1n) is 12.7. The molecule has 0 bridgehead atoms. The molecule has 4 rings (SSSR count). The van der Waals surface area contributed by atoms with Gasteiger partial charge in [-0.25, -0.2) is 0 Å². The van der Waals surface area contributed by atoms with Crippen molar-refractivity contribution in [3.63, 3.8) is 0 Å². The Labute approximate surface area is 229 Å². The van der Waals surface area contributed by atoms with Gasteiger partial charge in [0.1, 0.15) is 0 Å². The zero-order valence-electron chi connectivity index (χ0n) is 21.4. The highest BCUT2D eigenvalue weighted by Gasteiger charge is 2.37. The number of carbonyl (C=O) groups is 1. The van der Waals surface area contributed by atoms with E-state index in [1.807, 2.05) is 12.1 Å². The molecule has 12 heteroatoms. The zero-order chi connectivity index (χ0) is 30.0. The number of alkyl halides is 9. The molecule has 1 saturated carbocycles. The average Bonchev–Trinajstić information content (AvgIpc) is 3.39. The number of hydrogen-bond donors (Lipinski definition) is 2. The molecular weight excluding hydrogens is 563 g/mol. The Bertz CT molecular complexity index is 1310. The monoisotopic (exact) mass is 588 g/mol. The van der Waals surface area contributed by atoms with E-state index in [-0.39, 0.29) is 17.7 Å². The third-order valence-electron chi connectivity index (χ3n) is 7.01. The minimum Gasteiger partial charge on any atom is -0.352 e. The second kappa shape index (κ2) is 11.8. The van der Waals surface area contributed by atoms with Crippen molar-refractivity contribution in [1.82, 2.24) is 10.6 Å². The van der Waals surface area contributed by atoms with Crippen LogP contribution in [-0.4, -0.2) is 11.9 Å². The molecule has 0 heterocycles. The zero-order valence-corrected chi connectivity index (χ0v) is 21.4. The molecular formula is C29H25F9N2O. The average molecular weight is 589 g/mol. The summed E-state index contributed by atoms with van der Waals surface area (Å²) in [5, 5.41) is 5.80. The highest BCUT2D eigenvalue weighted by Crippen LogP contribution is 2.36. The number of nitrogens with one attached hydrogen (secondary N) is 2. The topological polar surface area (TPSA) is 41.1 Å². The normalized spacial score (nSPS) is 18.0. The molecule has 0 aliphatic heterocycles. The van der Waals surface area contributed by atoms with E-state index in [4.69, 9.17) is 0 Å². The van der Waals surface area contributed by atoms with Crippen molar-refractivity contribution in [2.45, 2.75) is 56.9 Å². The van der Waals surface area contributed by atoms with Crippen LogP contribution in [0.2, 0.25) is 0 Å². The van der Waals surface area contributed by atoms with Gasteiger partial charge in [-0.1, -0.05) is 36.4 Å². The van der Waals surface area contributed by atoms with Gasteiger partial charge >= 0.3 is 18.5 Å². The summed E-state index contributed by atoms with van der Waals surface area (Å²) in [7, 11) is 0. The molecule has 0 radical (unpaired) electrons. The Morgan fingerprint density at radius 2 is 1.15 bits per heavy atom. The largest absolute Gasteiger partial charge is 0.416 e. The Kier molecular flexibility index (Phi) is 8.72. The van der Waals surface area contributed by atoms with Crippen LogP contribution in [-0.2, 0) is 36.4 Å². The van der Waals surface area contributed by atoms with Gasteiger partial charge in [0.2, 0.25) is 5.91 Å². The van der Waals surface area contributed by atoms with Crippen molar-refractivity contribution in [3.05, 3.63) is 94.5 Å². The van der Waals surface area contributed by atoms with E-state index >= 15 is 0 Å². The number of halogens is 9. The highest BCUT2D eigenvalue weighted by molar-refractivity contribution is 5.79. The van der Waals surface area contributed by atoms with Crippen LogP contribution in [0.5, 0.6) is 0 Å². The minimum atomic E-state index is -4.97. The predicted octanol–water partition coefficient (Wildman–Crippen LogP) is 7.98. The summed E-state index contributed by atoms with van der Waals surface area (Å²) in [6.45, 7) is 0.00244. The van der Waals surface area contributed by atoms with Crippen LogP contribution in [0.3, 0.4) is 0 Å². The molecule has 2 N–H and O–H groups in total. The van der Waals surface area contributed by atoms with Crippen LogP contribution >= 0.6 is 0 Å². The van der Waals surface area contributed by atoms with Crippen LogP contribution in [0.1, 0.15) is 47.1 Å². The van der Waals surface area contributed by atoms with E-state index < -0.39 is 53.6 Å². The van der Waals surface area contributed by atoms with Crippen LogP contribution in [0.25, 0.3) is 11.1 Å². The fraction of sp³-hybridized carbons (Fsp3) is 0.345. The number of hydrogen-bond acceptors (Lipinski definition) is 2. The van der Waals surface area contributed by atoms with Gasteiger partial charge < -0.3 is 10.6 Å². The lowest BCUT2D eigenvalue weighted by atomic mass is 10.0. The van der Waals surface area contributed by atoms with Crippen molar-refractivity contribution in [2.24, 2.45) is 5.92 Å². The van der Waals surface area contributed by atoms with Crippen LogP contribution in [0.15, 0.2) is 66.7 Å². The molecule has 2 atom stereocenters. The number of benzene rings is 3. The molecule has 1 fully saturated rings. The fourth-order valence-corrected chi connectivity index (χ4v) is 4.79. The van der Waals surface area contributed by atoms with Gasteiger partial charge in [-0.3, -0.25) is 4.79 Å². The van der Waals surface area contributed by atoms with E-state index in [2.05, 4.69) is 10.6 Å². The first-order valence-corrected chi connectivity index (χ1v) is 12.7. The molecule has 0 unspecified atom stereocenters. The van der Waals surface area contributed by atoms with Gasteiger partial charge in [0.05, 0.1) is 16.7 Å². The van der Waals surface area contributed by atoms with Gasteiger partial charge in [0.25, 0.3) is 0 Å². The van der Waals surface area contributed by atoms with Gasteiger partial charge in [0.15, 0.2) is 0 Å². The first-order chi connectivity index (χ1) is 19.1. The second-order valence-corrected chi connectivity index (χ2v) is 9.99. The Morgan fingerprint density at radius 1 is 0.634 bits per heavy atom. The van der Waals surface area contributed by atoms with E-state index in [0.29, 0.717) is 43.5 Å². The molecule has 3 aromatic rings. The van der Waals surface area contributed by atoms with Gasteiger partial charge in [0, 0.05) is 25.0 Å². The summed E-state index contributed by atoms with van der Waals surface area (Å²) in [6, 6.07) is 13.3. The smallest absolute Gasteiger partial charge is 0.352 e. The molecule has 0 saturated heterocycles. The first kappa shape index (κ1) is 30.4. The Hall–Kier alpha value is -3.54. The summed E-state index contributed by atoms with van der Waals surface area (Å²) in [5.41, 5.74) is -1.59. The fourth-order valence-electron chi connectivity index (χ4n) is 4.79. The molecule has 0 spiro atoms. The maximum atomic E-state index is 13.1. The summed E-state index contributed by atoms with van der Waals surface area (Å²) in [6.07, 6.45) is -12.7. The molecule has 1 amide bonds. The molecule has 1 aliphatic rings. The molecule has 220 valence electrons. The van der Waals surface area contributed by atoms with Gasteiger partial charge in [-0.2, -0.15) is 39.5 Å². The standard InChI is InChI=1S/C29H25F9N2O/c30-27(31,32)22-8-5-20(6-9-22)19-3-1-17(2-4-19)15-39-25-10-7-21(13-25)26(41)40-16-18-11-23(28(33,34)35)14-24(12-18)29(36,37)38/h1-6,8-9,11-12,14,21,25,39H,7,10,13,15-16H2,(H,40,41)/t21-,25+/m0/s1. The van der Waals surface area contributed by atoms with E-state index in [0.717, 1.165) is 23.3 Å². The lowest BCUT2D eigenvalue weighted by Crippen LogP contribution is -2.31. The van der Waals surface area contributed by atoms with Crippen molar-refractivity contribution in [3.8, 4) is 11.1 Å². The van der Waals surface area contributed by atoms with Crippen LogP contribution < -0.4 is 10.6 Å². The summed E-state index contributed by atoms with van der Waals surface area (Å²) < 4.78 is 117. The van der Waals surface area contributed by atoms with E-state index in [9.17, 15) is 44.3 Å². The predicted molar refractivity (Wildman–Crippen MR) is 133 cm³/mol. The third kappa shape index (κ3) is 8.02. The maximum Gasteiger partial charge on any atom is 0.416 e.